The Morgan fingerprint density at radius 1 is 1.24 bits per heavy atom. The predicted molar refractivity (Wildman–Crippen MR) is 95.4 cm³/mol. The Morgan fingerprint density at radius 2 is 2.20 bits per heavy atom. The van der Waals surface area contributed by atoms with E-state index >= 15 is 0 Å². The molecule has 4 heterocycles. The molecule has 0 saturated carbocycles. The van der Waals surface area contributed by atoms with Gasteiger partial charge < -0.3 is 19.5 Å². The summed E-state index contributed by atoms with van der Waals surface area (Å²) in [6.07, 6.45) is 4.20. The first-order chi connectivity index (χ1) is 12.3. The van der Waals surface area contributed by atoms with E-state index in [2.05, 4.69) is 30.0 Å². The van der Waals surface area contributed by atoms with E-state index in [0.29, 0.717) is 5.92 Å². The van der Waals surface area contributed by atoms with E-state index in [1.54, 1.807) is 0 Å². The zero-order chi connectivity index (χ0) is 17.1. The quantitative estimate of drug-likeness (QED) is 0.888. The molecule has 7 heteroatoms. The van der Waals surface area contributed by atoms with Gasteiger partial charge in [0.1, 0.15) is 11.6 Å². The number of rotatable bonds is 5. The average Bonchev–Trinajstić information content (AvgIpc) is 3.22. The molecule has 2 aliphatic heterocycles. The van der Waals surface area contributed by atoms with Crippen LogP contribution in [-0.4, -0.2) is 57.5 Å². The molecule has 1 fully saturated rings. The van der Waals surface area contributed by atoms with Crippen molar-refractivity contribution in [1.82, 2.24) is 24.6 Å². The zero-order valence-corrected chi connectivity index (χ0v) is 14.8. The third kappa shape index (κ3) is 3.99. The molecule has 7 nitrogen and oxygen atoms in total. The van der Waals surface area contributed by atoms with Crippen LogP contribution in [0.3, 0.4) is 0 Å². The summed E-state index contributed by atoms with van der Waals surface area (Å²) in [4.78, 5) is 7.21. The van der Waals surface area contributed by atoms with Crippen molar-refractivity contribution in [3.05, 3.63) is 35.5 Å². The maximum atomic E-state index is 5.51. The Kier molecular flexibility index (Phi) is 4.94. The molecule has 2 aromatic rings. The molecule has 134 valence electrons. The number of anilines is 1. The zero-order valence-electron chi connectivity index (χ0n) is 14.8. The first-order valence-electron chi connectivity index (χ1n) is 9.15. The van der Waals surface area contributed by atoms with Crippen molar-refractivity contribution >= 4 is 5.82 Å². The lowest BCUT2D eigenvalue weighted by Gasteiger charge is -2.22. The number of nitrogens with one attached hydrogen (secondary N) is 1. The van der Waals surface area contributed by atoms with Crippen LogP contribution in [0.25, 0.3) is 0 Å². The number of aromatic nitrogens is 4. The molecule has 2 aliphatic rings. The first kappa shape index (κ1) is 16.5. The summed E-state index contributed by atoms with van der Waals surface area (Å²) in [5, 5.41) is 11.6. The van der Waals surface area contributed by atoms with Crippen LogP contribution >= 0.6 is 0 Å². The molecule has 2 aromatic heterocycles. The number of ether oxygens (including phenoxy) is 1. The molecular weight excluding hydrogens is 316 g/mol. The monoisotopic (exact) mass is 342 g/mol. The number of aryl methyl sites for hydroxylation is 1. The van der Waals surface area contributed by atoms with Gasteiger partial charge in [-0.05, 0) is 31.4 Å². The average molecular weight is 342 g/mol. The van der Waals surface area contributed by atoms with Gasteiger partial charge >= 0.3 is 0 Å². The Labute approximate surface area is 148 Å². The highest BCUT2D eigenvalue weighted by Crippen LogP contribution is 2.17. The maximum absolute atomic E-state index is 5.51. The van der Waals surface area contributed by atoms with Gasteiger partial charge in [-0.15, -0.1) is 5.10 Å². The van der Waals surface area contributed by atoms with Crippen LogP contribution in [0.4, 0.5) is 5.82 Å². The SMILES string of the molecule is Cc1ccc(NCc2cnc3n2CCN(C[C@H]2CCOC2)CC3)nn1. The maximum Gasteiger partial charge on any atom is 0.148 e. The molecule has 0 bridgehead atoms. The van der Waals surface area contributed by atoms with Gasteiger partial charge in [-0.25, -0.2) is 4.98 Å². The third-order valence-corrected chi connectivity index (χ3v) is 5.10. The summed E-state index contributed by atoms with van der Waals surface area (Å²) in [5.74, 6) is 2.70. The summed E-state index contributed by atoms with van der Waals surface area (Å²) in [6.45, 7) is 8.84. The molecule has 0 spiro atoms. The van der Waals surface area contributed by atoms with Gasteiger partial charge in [0.2, 0.25) is 0 Å². The van der Waals surface area contributed by atoms with Crippen molar-refractivity contribution in [2.45, 2.75) is 32.9 Å². The highest BCUT2D eigenvalue weighted by molar-refractivity contribution is 5.33. The highest BCUT2D eigenvalue weighted by Gasteiger charge is 2.22. The van der Waals surface area contributed by atoms with Crippen LogP contribution in [-0.2, 0) is 24.2 Å². The minimum atomic E-state index is 0.701. The van der Waals surface area contributed by atoms with Crippen molar-refractivity contribution < 1.29 is 4.74 Å². The molecule has 0 radical (unpaired) electrons. The Bertz CT molecular complexity index is 692. The van der Waals surface area contributed by atoms with E-state index in [9.17, 15) is 0 Å². The van der Waals surface area contributed by atoms with Crippen LogP contribution in [0.5, 0.6) is 0 Å². The predicted octanol–water partition coefficient (Wildman–Crippen LogP) is 1.49. The van der Waals surface area contributed by atoms with Crippen LogP contribution in [0, 0.1) is 12.8 Å². The van der Waals surface area contributed by atoms with Crippen molar-refractivity contribution in [3.8, 4) is 0 Å². The normalized spacial score (nSPS) is 21.1. The Hall–Kier alpha value is -1.99. The number of nitrogens with zero attached hydrogens (tertiary/aromatic N) is 5. The van der Waals surface area contributed by atoms with E-state index in [1.807, 2.05) is 25.3 Å². The van der Waals surface area contributed by atoms with Crippen LogP contribution in [0.2, 0.25) is 0 Å². The van der Waals surface area contributed by atoms with Gasteiger partial charge in [0.05, 0.1) is 30.7 Å². The lowest BCUT2D eigenvalue weighted by molar-refractivity contribution is 0.167. The standard InChI is InChI=1S/C18H26N6O/c1-14-2-3-17(22-21-14)19-10-16-11-20-18-4-6-23(7-8-24(16)18)12-15-5-9-25-13-15/h2-3,11,15H,4-10,12-13H2,1H3,(H,19,22)/t15-/m1/s1. The van der Waals surface area contributed by atoms with E-state index in [4.69, 9.17) is 4.74 Å². The second-order valence-electron chi connectivity index (χ2n) is 7.01. The largest absolute Gasteiger partial charge is 0.381 e. The van der Waals surface area contributed by atoms with Gasteiger partial charge in [-0.2, -0.15) is 5.10 Å². The highest BCUT2D eigenvalue weighted by atomic mass is 16.5. The van der Waals surface area contributed by atoms with E-state index in [1.165, 1.54) is 17.9 Å². The molecule has 4 rings (SSSR count). The second kappa shape index (κ2) is 7.49. The summed E-state index contributed by atoms with van der Waals surface area (Å²) in [6, 6.07) is 3.93. The topological polar surface area (TPSA) is 68.1 Å². The fraction of sp³-hybridized carbons (Fsp3) is 0.611. The van der Waals surface area contributed by atoms with E-state index in [-0.39, 0.29) is 0 Å². The van der Waals surface area contributed by atoms with Crippen LogP contribution in [0.1, 0.15) is 23.6 Å². The number of imidazole rings is 1. The van der Waals surface area contributed by atoms with Crippen LogP contribution < -0.4 is 5.32 Å². The molecule has 0 amide bonds. The van der Waals surface area contributed by atoms with Gasteiger partial charge in [0.15, 0.2) is 0 Å². The number of hydrogen-bond donors (Lipinski definition) is 1. The first-order valence-corrected chi connectivity index (χ1v) is 9.15. The Morgan fingerprint density at radius 3 is 3.00 bits per heavy atom. The third-order valence-electron chi connectivity index (χ3n) is 5.10. The summed E-state index contributed by atoms with van der Waals surface area (Å²) < 4.78 is 7.87. The molecule has 0 unspecified atom stereocenters. The van der Waals surface area contributed by atoms with Gasteiger partial charge in [0, 0.05) is 39.2 Å². The van der Waals surface area contributed by atoms with Crippen molar-refractivity contribution in [2.75, 3.05) is 38.2 Å². The minimum Gasteiger partial charge on any atom is -0.381 e. The number of fused-ring (bicyclic) bond motifs is 1. The van der Waals surface area contributed by atoms with Gasteiger partial charge in [0.25, 0.3) is 0 Å². The molecule has 1 atom stereocenters. The summed E-state index contributed by atoms with van der Waals surface area (Å²) in [5.41, 5.74) is 2.14. The van der Waals surface area contributed by atoms with Crippen molar-refractivity contribution in [1.29, 1.82) is 0 Å². The molecular formula is C18H26N6O. The second-order valence-corrected chi connectivity index (χ2v) is 7.01. The van der Waals surface area contributed by atoms with Gasteiger partial charge in [-0.3, -0.25) is 0 Å². The number of hydrogen-bond acceptors (Lipinski definition) is 6. The smallest absolute Gasteiger partial charge is 0.148 e. The summed E-state index contributed by atoms with van der Waals surface area (Å²) >= 11 is 0. The fourth-order valence-electron chi connectivity index (χ4n) is 3.63. The van der Waals surface area contributed by atoms with Crippen LogP contribution in [0.15, 0.2) is 18.3 Å². The van der Waals surface area contributed by atoms with E-state index < -0.39 is 0 Å². The minimum absolute atomic E-state index is 0.701. The van der Waals surface area contributed by atoms with E-state index in [0.717, 1.165) is 63.9 Å². The molecule has 0 aromatic carbocycles. The summed E-state index contributed by atoms with van der Waals surface area (Å²) in [7, 11) is 0. The molecule has 25 heavy (non-hydrogen) atoms. The van der Waals surface area contributed by atoms with Gasteiger partial charge in [-0.1, -0.05) is 0 Å². The molecule has 0 aliphatic carbocycles. The fourth-order valence-corrected chi connectivity index (χ4v) is 3.63. The Balaban J connectivity index is 1.36. The molecule has 1 saturated heterocycles. The molecule has 1 N–H and O–H groups in total. The van der Waals surface area contributed by atoms with Crippen molar-refractivity contribution in [2.24, 2.45) is 5.92 Å². The lowest BCUT2D eigenvalue weighted by atomic mass is 10.1. The lowest BCUT2D eigenvalue weighted by Crippen LogP contribution is -2.32. The van der Waals surface area contributed by atoms with Crippen molar-refractivity contribution in [3.63, 3.8) is 0 Å².